The molecule has 3 aromatic rings. The van der Waals surface area contributed by atoms with E-state index < -0.39 is 5.60 Å². The first-order chi connectivity index (χ1) is 14.3. The Kier molecular flexibility index (Phi) is 5.71. The Hall–Kier alpha value is -2.57. The number of nitrogens with one attached hydrogen (secondary N) is 1. The van der Waals surface area contributed by atoms with E-state index in [9.17, 15) is 4.79 Å². The van der Waals surface area contributed by atoms with Gasteiger partial charge in [0, 0.05) is 17.7 Å². The second kappa shape index (κ2) is 8.28. The molecule has 0 aliphatic carbocycles. The number of benzene rings is 2. The molecule has 6 nitrogen and oxygen atoms in total. The van der Waals surface area contributed by atoms with E-state index in [-0.39, 0.29) is 12.2 Å². The lowest BCUT2D eigenvalue weighted by molar-refractivity contribution is -0.0366. The normalized spacial score (nSPS) is 17.1. The minimum Gasteiger partial charge on any atom is -0.456 e. The quantitative estimate of drug-likeness (QED) is 0.510. The summed E-state index contributed by atoms with van der Waals surface area (Å²) in [5.41, 5.74) is 2.54. The zero-order valence-corrected chi connectivity index (χ0v) is 18.2. The maximum atomic E-state index is 12.2. The highest BCUT2D eigenvalue weighted by molar-refractivity contribution is 6.34. The van der Waals surface area contributed by atoms with Gasteiger partial charge in [-0.25, -0.2) is 9.48 Å². The van der Waals surface area contributed by atoms with Crippen molar-refractivity contribution in [3.63, 3.8) is 0 Å². The van der Waals surface area contributed by atoms with Gasteiger partial charge >= 0.3 is 5.97 Å². The van der Waals surface area contributed by atoms with Crippen LogP contribution < -0.4 is 5.32 Å². The molecule has 1 aliphatic heterocycles. The first kappa shape index (κ1) is 20.7. The molecule has 1 N–H and O–H groups in total. The summed E-state index contributed by atoms with van der Waals surface area (Å²) in [7, 11) is 0. The minimum atomic E-state index is -0.526. The Labute approximate surface area is 181 Å². The van der Waals surface area contributed by atoms with Crippen LogP contribution in [0.15, 0.2) is 42.6 Å². The van der Waals surface area contributed by atoms with Gasteiger partial charge in [0.05, 0.1) is 28.0 Å². The Morgan fingerprint density at radius 3 is 2.67 bits per heavy atom. The fourth-order valence-corrected chi connectivity index (χ4v) is 3.71. The number of hydrogen-bond donors (Lipinski definition) is 1. The Morgan fingerprint density at radius 1 is 1.23 bits per heavy atom. The number of carbonyl (C=O) groups is 1. The number of carbonyl (C=O) groups excluding carboxylic acids is 1. The van der Waals surface area contributed by atoms with Gasteiger partial charge in [0.2, 0.25) is 0 Å². The summed E-state index contributed by atoms with van der Waals surface area (Å²) >= 11 is 6.50. The number of nitrogens with zero attached hydrogens (tertiary/aromatic N) is 2. The topological polar surface area (TPSA) is 65.4 Å². The molecular formula is C23H26ClN3O3. The highest BCUT2D eigenvalue weighted by atomic mass is 35.5. The molecule has 1 fully saturated rings. The molecule has 0 amide bonds. The highest BCUT2D eigenvalue weighted by Gasteiger charge is 2.20. The van der Waals surface area contributed by atoms with Crippen molar-refractivity contribution in [2.75, 3.05) is 11.9 Å². The third-order valence-electron chi connectivity index (χ3n) is 4.91. The summed E-state index contributed by atoms with van der Waals surface area (Å²) in [5, 5.41) is 9.43. The number of hydrogen-bond acceptors (Lipinski definition) is 5. The first-order valence-corrected chi connectivity index (χ1v) is 10.6. The SMILES string of the molecule is CC(C)(C)OC(=O)c1ccc(Nc2cc3c(cnn3C3CCCCO3)cc2Cl)cc1. The van der Waals surface area contributed by atoms with Crippen LogP contribution in [0.1, 0.15) is 56.6 Å². The predicted octanol–water partition coefficient (Wildman–Crippen LogP) is 6.09. The van der Waals surface area contributed by atoms with E-state index in [0.29, 0.717) is 10.6 Å². The lowest BCUT2D eigenvalue weighted by Gasteiger charge is -2.23. The molecular weight excluding hydrogens is 402 g/mol. The zero-order chi connectivity index (χ0) is 21.3. The van der Waals surface area contributed by atoms with Crippen LogP contribution in [0.25, 0.3) is 10.9 Å². The minimum absolute atomic E-state index is 0.0432. The van der Waals surface area contributed by atoms with Crippen molar-refractivity contribution in [2.45, 2.75) is 51.9 Å². The van der Waals surface area contributed by atoms with Crippen molar-refractivity contribution in [2.24, 2.45) is 0 Å². The Morgan fingerprint density at radius 2 is 2.00 bits per heavy atom. The molecule has 0 saturated carbocycles. The molecule has 30 heavy (non-hydrogen) atoms. The van der Waals surface area contributed by atoms with Gasteiger partial charge in [-0.2, -0.15) is 5.10 Å². The fourth-order valence-electron chi connectivity index (χ4n) is 3.49. The number of aromatic nitrogens is 2. The van der Waals surface area contributed by atoms with E-state index in [1.165, 1.54) is 0 Å². The lowest BCUT2D eigenvalue weighted by atomic mass is 10.1. The maximum Gasteiger partial charge on any atom is 0.338 e. The number of anilines is 2. The van der Waals surface area contributed by atoms with Gasteiger partial charge < -0.3 is 14.8 Å². The van der Waals surface area contributed by atoms with Crippen LogP contribution in [-0.4, -0.2) is 28.0 Å². The molecule has 1 unspecified atom stereocenters. The smallest absolute Gasteiger partial charge is 0.338 e. The fraction of sp³-hybridized carbons (Fsp3) is 0.391. The molecule has 0 radical (unpaired) electrons. The van der Waals surface area contributed by atoms with E-state index in [2.05, 4.69) is 10.4 Å². The van der Waals surface area contributed by atoms with Crippen LogP contribution in [0.5, 0.6) is 0 Å². The van der Waals surface area contributed by atoms with Crippen LogP contribution in [0, 0.1) is 0 Å². The second-order valence-corrected chi connectivity index (χ2v) is 8.91. The third kappa shape index (κ3) is 4.60. The van der Waals surface area contributed by atoms with Gasteiger partial charge in [0.25, 0.3) is 0 Å². The summed E-state index contributed by atoms with van der Waals surface area (Å²) in [6.07, 6.45) is 4.95. The Balaban J connectivity index is 1.56. The number of halogens is 1. The number of ether oxygens (including phenoxy) is 2. The predicted molar refractivity (Wildman–Crippen MR) is 118 cm³/mol. The van der Waals surface area contributed by atoms with Crippen LogP contribution >= 0.6 is 11.6 Å². The summed E-state index contributed by atoms with van der Waals surface area (Å²) in [4.78, 5) is 12.2. The molecule has 0 spiro atoms. The maximum absolute atomic E-state index is 12.2. The third-order valence-corrected chi connectivity index (χ3v) is 5.22. The summed E-state index contributed by atoms with van der Waals surface area (Å²) in [6.45, 7) is 6.31. The Bertz CT molecular complexity index is 1050. The zero-order valence-electron chi connectivity index (χ0n) is 17.4. The summed E-state index contributed by atoms with van der Waals surface area (Å²) < 4.78 is 13.2. The van der Waals surface area contributed by atoms with Gasteiger partial charge in [0.1, 0.15) is 5.60 Å². The average Bonchev–Trinajstić information content (AvgIpc) is 3.10. The molecule has 158 valence electrons. The monoisotopic (exact) mass is 427 g/mol. The van der Waals surface area contributed by atoms with E-state index in [1.54, 1.807) is 12.1 Å². The van der Waals surface area contributed by atoms with Crippen molar-refractivity contribution >= 4 is 39.8 Å². The molecule has 1 aliphatic rings. The second-order valence-electron chi connectivity index (χ2n) is 8.51. The molecule has 0 bridgehead atoms. The molecule has 1 aromatic heterocycles. The van der Waals surface area contributed by atoms with Crippen LogP contribution in [0.4, 0.5) is 11.4 Å². The summed E-state index contributed by atoms with van der Waals surface area (Å²) in [5.74, 6) is -0.343. The summed E-state index contributed by atoms with van der Waals surface area (Å²) in [6, 6.07) is 11.0. The van der Waals surface area contributed by atoms with Crippen molar-refractivity contribution < 1.29 is 14.3 Å². The number of fused-ring (bicyclic) bond motifs is 1. The van der Waals surface area contributed by atoms with E-state index in [0.717, 1.165) is 48.1 Å². The van der Waals surface area contributed by atoms with Gasteiger partial charge in [0.15, 0.2) is 6.23 Å². The highest BCUT2D eigenvalue weighted by Crippen LogP contribution is 2.33. The molecule has 1 atom stereocenters. The lowest BCUT2D eigenvalue weighted by Crippen LogP contribution is -2.23. The van der Waals surface area contributed by atoms with Crippen molar-refractivity contribution in [1.29, 1.82) is 0 Å². The van der Waals surface area contributed by atoms with Crippen LogP contribution in [0.2, 0.25) is 5.02 Å². The average molecular weight is 428 g/mol. The van der Waals surface area contributed by atoms with E-state index in [1.807, 2.05) is 55.9 Å². The standard InChI is InChI=1S/C23H26ClN3O3/c1-23(2,3)30-22(28)15-7-9-17(10-8-15)26-19-13-20-16(12-18(19)24)14-25-27(20)21-6-4-5-11-29-21/h7-10,12-14,21,26H,4-6,11H2,1-3H3. The van der Waals surface area contributed by atoms with Gasteiger partial charge in [-0.15, -0.1) is 0 Å². The molecule has 4 rings (SSSR count). The largest absolute Gasteiger partial charge is 0.456 e. The van der Waals surface area contributed by atoms with E-state index in [4.69, 9.17) is 21.1 Å². The van der Waals surface area contributed by atoms with E-state index >= 15 is 0 Å². The van der Waals surface area contributed by atoms with Gasteiger partial charge in [-0.3, -0.25) is 0 Å². The number of rotatable bonds is 4. The molecule has 2 aromatic carbocycles. The molecule has 7 heteroatoms. The number of esters is 1. The molecule has 1 saturated heterocycles. The van der Waals surface area contributed by atoms with Crippen LogP contribution in [0.3, 0.4) is 0 Å². The van der Waals surface area contributed by atoms with Crippen molar-refractivity contribution in [3.05, 3.63) is 53.2 Å². The van der Waals surface area contributed by atoms with Crippen molar-refractivity contribution in [3.8, 4) is 0 Å². The van der Waals surface area contributed by atoms with Gasteiger partial charge in [-0.1, -0.05) is 11.6 Å². The van der Waals surface area contributed by atoms with Crippen molar-refractivity contribution in [1.82, 2.24) is 9.78 Å². The van der Waals surface area contributed by atoms with Gasteiger partial charge in [-0.05, 0) is 76.4 Å². The van der Waals surface area contributed by atoms with Crippen LogP contribution in [-0.2, 0) is 9.47 Å². The molecule has 2 heterocycles. The first-order valence-electron chi connectivity index (χ1n) is 10.2.